The second-order valence-corrected chi connectivity index (χ2v) is 7.34. The van der Waals surface area contributed by atoms with E-state index in [2.05, 4.69) is 4.98 Å². The van der Waals surface area contributed by atoms with Gasteiger partial charge in [0.1, 0.15) is 0 Å². The molecule has 1 fully saturated rings. The van der Waals surface area contributed by atoms with Crippen LogP contribution < -0.4 is 0 Å². The maximum absolute atomic E-state index is 12.9. The van der Waals surface area contributed by atoms with Crippen molar-refractivity contribution < 1.29 is 14.3 Å². The Bertz CT molecular complexity index is 1010. The molecular weight excluding hydrogens is 372 g/mol. The second kappa shape index (κ2) is 6.87. The number of H-pyrrole nitrogens is 1. The number of aliphatic hydroxyl groups excluding tert-OH is 1. The van der Waals surface area contributed by atoms with Crippen LogP contribution in [-0.2, 0) is 0 Å². The van der Waals surface area contributed by atoms with Gasteiger partial charge in [-0.1, -0.05) is 23.7 Å². The van der Waals surface area contributed by atoms with E-state index >= 15 is 0 Å². The van der Waals surface area contributed by atoms with Gasteiger partial charge in [0.2, 0.25) is 0 Å². The molecule has 1 aliphatic heterocycles. The molecule has 0 radical (unpaired) electrons. The number of aliphatic hydroxyl groups is 1. The van der Waals surface area contributed by atoms with E-state index in [4.69, 9.17) is 28.2 Å². The van der Waals surface area contributed by atoms with Gasteiger partial charge in [-0.3, -0.25) is 4.79 Å². The van der Waals surface area contributed by atoms with Crippen molar-refractivity contribution in [2.24, 2.45) is 5.92 Å². The molecule has 26 heavy (non-hydrogen) atoms. The SMILES string of the molecule is O=C(c1ccc2[nH]c(=S)oc2c1)N1C[C@@H](CO)[C@H](c2ccc(Cl)cc2)C1. The molecular formula is C19H17ClN2O3S. The summed E-state index contributed by atoms with van der Waals surface area (Å²) in [7, 11) is 0. The molecule has 2 aromatic carbocycles. The highest BCUT2D eigenvalue weighted by Gasteiger charge is 2.36. The number of benzene rings is 2. The first-order valence-electron chi connectivity index (χ1n) is 8.33. The van der Waals surface area contributed by atoms with Crippen LogP contribution in [0.4, 0.5) is 0 Å². The molecule has 2 N–H and O–H groups in total. The summed E-state index contributed by atoms with van der Waals surface area (Å²) in [5, 5.41) is 10.4. The molecule has 3 aromatic rings. The summed E-state index contributed by atoms with van der Waals surface area (Å²) in [5.74, 6) is 0.00492. The van der Waals surface area contributed by atoms with E-state index in [-0.39, 0.29) is 29.2 Å². The van der Waals surface area contributed by atoms with Crippen LogP contribution in [-0.4, -0.2) is 40.6 Å². The first kappa shape index (κ1) is 17.3. The number of carbonyl (C=O) groups is 1. The summed E-state index contributed by atoms with van der Waals surface area (Å²) in [6.45, 7) is 1.10. The molecule has 0 saturated carbocycles. The van der Waals surface area contributed by atoms with Gasteiger partial charge in [0.05, 0.1) is 5.52 Å². The molecule has 1 saturated heterocycles. The van der Waals surface area contributed by atoms with Crippen molar-refractivity contribution in [1.82, 2.24) is 9.88 Å². The third kappa shape index (κ3) is 3.16. The largest absolute Gasteiger partial charge is 0.429 e. The van der Waals surface area contributed by atoms with E-state index in [0.717, 1.165) is 11.1 Å². The summed E-state index contributed by atoms with van der Waals surface area (Å²) in [4.78, 5) is 17.9. The number of hydrogen-bond acceptors (Lipinski definition) is 4. The minimum atomic E-state index is -0.0795. The van der Waals surface area contributed by atoms with E-state index < -0.39 is 0 Å². The topological polar surface area (TPSA) is 69.5 Å². The van der Waals surface area contributed by atoms with Crippen LogP contribution >= 0.6 is 23.8 Å². The fourth-order valence-electron chi connectivity index (χ4n) is 3.57. The number of hydrogen-bond donors (Lipinski definition) is 2. The number of carbonyl (C=O) groups excluding carboxylic acids is 1. The normalized spacial score (nSPS) is 20.0. The lowest BCUT2D eigenvalue weighted by atomic mass is 9.90. The summed E-state index contributed by atoms with van der Waals surface area (Å²) in [5.41, 5.74) is 2.95. The third-order valence-electron chi connectivity index (χ3n) is 4.93. The number of aromatic nitrogens is 1. The van der Waals surface area contributed by atoms with Crippen molar-refractivity contribution in [3.8, 4) is 0 Å². The van der Waals surface area contributed by atoms with Gasteiger partial charge in [-0.05, 0) is 48.1 Å². The zero-order valence-corrected chi connectivity index (χ0v) is 15.4. The number of amides is 1. The van der Waals surface area contributed by atoms with Gasteiger partial charge in [0, 0.05) is 42.1 Å². The average molecular weight is 389 g/mol. The molecule has 134 valence electrons. The number of nitrogens with one attached hydrogen (secondary N) is 1. The van der Waals surface area contributed by atoms with E-state index in [1.54, 1.807) is 23.1 Å². The summed E-state index contributed by atoms with van der Waals surface area (Å²) in [6.07, 6.45) is 0. The summed E-state index contributed by atoms with van der Waals surface area (Å²) in [6, 6.07) is 12.8. The lowest BCUT2D eigenvalue weighted by Crippen LogP contribution is -2.29. The molecule has 4 rings (SSSR count). The van der Waals surface area contributed by atoms with Gasteiger partial charge >= 0.3 is 0 Å². The Morgan fingerprint density at radius 2 is 2.04 bits per heavy atom. The second-order valence-electron chi connectivity index (χ2n) is 6.54. The Balaban J connectivity index is 1.59. The van der Waals surface area contributed by atoms with Gasteiger partial charge in [0.15, 0.2) is 5.58 Å². The minimum absolute atomic E-state index is 0.0000437. The zero-order chi connectivity index (χ0) is 18.3. The Labute approximate surface area is 160 Å². The molecule has 0 spiro atoms. The number of likely N-dealkylation sites (tertiary alicyclic amines) is 1. The van der Waals surface area contributed by atoms with Gasteiger partial charge in [-0.2, -0.15) is 0 Å². The Kier molecular flexibility index (Phi) is 4.56. The third-order valence-corrected chi connectivity index (χ3v) is 5.37. The smallest absolute Gasteiger partial charge is 0.266 e. The predicted octanol–water partition coefficient (Wildman–Crippen LogP) is 3.99. The fraction of sp³-hybridized carbons (Fsp3) is 0.263. The lowest BCUT2D eigenvalue weighted by molar-refractivity contribution is 0.0781. The van der Waals surface area contributed by atoms with E-state index in [9.17, 15) is 9.90 Å². The Morgan fingerprint density at radius 3 is 2.77 bits per heavy atom. The van der Waals surface area contributed by atoms with Gasteiger partial charge < -0.3 is 19.4 Å². The molecule has 1 amide bonds. The Morgan fingerprint density at radius 1 is 1.27 bits per heavy atom. The van der Waals surface area contributed by atoms with Crippen LogP contribution in [0.15, 0.2) is 46.9 Å². The van der Waals surface area contributed by atoms with Crippen molar-refractivity contribution >= 4 is 40.8 Å². The molecule has 0 unspecified atom stereocenters. The number of aromatic amines is 1. The van der Waals surface area contributed by atoms with Crippen LogP contribution in [0.1, 0.15) is 21.8 Å². The van der Waals surface area contributed by atoms with E-state index in [1.807, 2.05) is 24.3 Å². The van der Waals surface area contributed by atoms with Crippen molar-refractivity contribution in [2.45, 2.75) is 5.92 Å². The Hall–Kier alpha value is -2.15. The average Bonchev–Trinajstić information content (AvgIpc) is 3.23. The van der Waals surface area contributed by atoms with Crippen molar-refractivity contribution in [3.05, 3.63) is 63.5 Å². The molecule has 1 aromatic heterocycles. The van der Waals surface area contributed by atoms with Gasteiger partial charge in [-0.25, -0.2) is 0 Å². The summed E-state index contributed by atoms with van der Waals surface area (Å²) >= 11 is 10.9. The highest BCUT2D eigenvalue weighted by molar-refractivity contribution is 7.71. The minimum Gasteiger partial charge on any atom is -0.429 e. The van der Waals surface area contributed by atoms with Crippen LogP contribution in [0.5, 0.6) is 0 Å². The maximum Gasteiger partial charge on any atom is 0.266 e. The highest BCUT2D eigenvalue weighted by atomic mass is 35.5. The molecule has 7 heteroatoms. The van der Waals surface area contributed by atoms with Crippen LogP contribution in [0.3, 0.4) is 0 Å². The number of halogens is 1. The molecule has 2 atom stereocenters. The van der Waals surface area contributed by atoms with E-state index in [1.165, 1.54) is 0 Å². The van der Waals surface area contributed by atoms with Crippen molar-refractivity contribution in [2.75, 3.05) is 19.7 Å². The predicted molar refractivity (Wildman–Crippen MR) is 102 cm³/mol. The van der Waals surface area contributed by atoms with Crippen LogP contribution in [0.25, 0.3) is 11.1 Å². The first-order chi connectivity index (χ1) is 12.5. The number of fused-ring (bicyclic) bond motifs is 1. The molecule has 0 bridgehead atoms. The van der Waals surface area contributed by atoms with Gasteiger partial charge in [-0.15, -0.1) is 0 Å². The molecule has 0 aliphatic carbocycles. The maximum atomic E-state index is 12.9. The zero-order valence-electron chi connectivity index (χ0n) is 13.8. The molecule has 5 nitrogen and oxygen atoms in total. The molecule has 1 aliphatic rings. The van der Waals surface area contributed by atoms with Crippen molar-refractivity contribution in [1.29, 1.82) is 0 Å². The first-order valence-corrected chi connectivity index (χ1v) is 9.12. The monoisotopic (exact) mass is 388 g/mol. The highest BCUT2D eigenvalue weighted by Crippen LogP contribution is 2.34. The fourth-order valence-corrected chi connectivity index (χ4v) is 3.90. The number of rotatable bonds is 3. The van der Waals surface area contributed by atoms with E-state index in [0.29, 0.717) is 29.3 Å². The summed E-state index contributed by atoms with van der Waals surface area (Å²) < 4.78 is 5.40. The number of nitrogens with zero attached hydrogens (tertiary/aromatic N) is 1. The van der Waals surface area contributed by atoms with Gasteiger partial charge in [0.25, 0.3) is 10.7 Å². The van der Waals surface area contributed by atoms with Crippen LogP contribution in [0, 0.1) is 10.8 Å². The lowest BCUT2D eigenvalue weighted by Gasteiger charge is -2.17. The standard InChI is InChI=1S/C19H17ClN2O3S/c20-14-4-1-11(2-5-14)15-9-22(8-13(15)10-23)18(24)12-3-6-16-17(7-12)25-19(26)21-16/h1-7,13,15,23H,8-10H2,(H,21,26)/t13-,15-/m0/s1. The van der Waals surface area contributed by atoms with Crippen molar-refractivity contribution in [3.63, 3.8) is 0 Å². The number of oxazole rings is 1. The quantitative estimate of drug-likeness (QED) is 0.665. The van der Waals surface area contributed by atoms with Crippen LogP contribution in [0.2, 0.25) is 5.02 Å². The molecule has 2 heterocycles.